The first kappa shape index (κ1) is 25.9. The third kappa shape index (κ3) is 7.17. The molecule has 2 aromatic carbocycles. The molecule has 0 aliphatic carbocycles. The van der Waals surface area contributed by atoms with Crippen LogP contribution in [-0.4, -0.2) is 44.7 Å². The van der Waals surface area contributed by atoms with Gasteiger partial charge in [-0.2, -0.15) is 10.4 Å². The highest BCUT2D eigenvalue weighted by atomic mass is 16.5. The highest BCUT2D eigenvalue weighted by Crippen LogP contribution is 2.29. The van der Waals surface area contributed by atoms with Crippen LogP contribution in [0.4, 0.5) is 0 Å². The number of nitrogens with zero attached hydrogens (tertiary/aromatic N) is 4. The predicted octanol–water partition coefficient (Wildman–Crippen LogP) is 4.50. The first-order chi connectivity index (χ1) is 17.8. The Balaban J connectivity index is 1.26. The van der Waals surface area contributed by atoms with Gasteiger partial charge in [-0.25, -0.2) is 4.98 Å². The number of hydrogen-bond donors (Lipinski definition) is 2. The summed E-state index contributed by atoms with van der Waals surface area (Å²) in [6.45, 7) is 4.77. The second kappa shape index (κ2) is 11.7. The van der Waals surface area contributed by atoms with E-state index in [1.54, 1.807) is 23.0 Å². The maximum Gasteiger partial charge on any atom is 0.219 e. The number of aliphatic hydroxyl groups is 1. The van der Waals surface area contributed by atoms with Gasteiger partial charge in [0.15, 0.2) is 0 Å². The van der Waals surface area contributed by atoms with Gasteiger partial charge in [-0.1, -0.05) is 24.3 Å². The number of rotatable bonds is 11. The van der Waals surface area contributed by atoms with Gasteiger partial charge in [0.05, 0.1) is 11.3 Å². The zero-order valence-electron chi connectivity index (χ0n) is 21.3. The largest absolute Gasteiger partial charge is 0.490 e. The molecule has 190 valence electrons. The van der Waals surface area contributed by atoms with Crippen molar-refractivity contribution in [1.29, 1.82) is 5.26 Å². The minimum absolute atomic E-state index is 0.174. The second-order valence-electron chi connectivity index (χ2n) is 9.49. The van der Waals surface area contributed by atoms with Crippen molar-refractivity contribution in [2.45, 2.75) is 31.9 Å². The third-order valence-corrected chi connectivity index (χ3v) is 5.89. The molecule has 8 heteroatoms. The van der Waals surface area contributed by atoms with E-state index in [-0.39, 0.29) is 12.1 Å². The van der Waals surface area contributed by atoms with E-state index in [4.69, 9.17) is 14.7 Å². The zero-order chi connectivity index (χ0) is 26.3. The van der Waals surface area contributed by atoms with Crippen molar-refractivity contribution in [2.24, 2.45) is 7.05 Å². The van der Waals surface area contributed by atoms with E-state index in [0.29, 0.717) is 29.5 Å². The van der Waals surface area contributed by atoms with Gasteiger partial charge in [-0.05, 0) is 62.2 Å². The number of aliphatic hydroxyl groups excluding tert-OH is 1. The molecule has 0 saturated heterocycles. The van der Waals surface area contributed by atoms with Gasteiger partial charge in [0.1, 0.15) is 30.3 Å². The topological polar surface area (TPSA) is 105 Å². The summed E-state index contributed by atoms with van der Waals surface area (Å²) in [5.41, 5.74) is 3.27. The number of benzene rings is 2. The number of β-amino-alcohol motifs (C(OH)–C–C–N with tert-alkyl or cyclic N) is 1. The van der Waals surface area contributed by atoms with E-state index in [0.717, 1.165) is 23.2 Å². The molecular weight excluding hydrogens is 466 g/mol. The number of nitriles is 1. The van der Waals surface area contributed by atoms with E-state index in [1.807, 2.05) is 67.7 Å². The van der Waals surface area contributed by atoms with Crippen LogP contribution in [0.3, 0.4) is 0 Å². The fraction of sp³-hybridized carbons (Fsp3) is 0.276. The number of para-hydroxylation sites is 1. The summed E-state index contributed by atoms with van der Waals surface area (Å²) >= 11 is 0. The average molecular weight is 498 g/mol. The summed E-state index contributed by atoms with van der Waals surface area (Å²) in [5, 5.41) is 27.1. The quantitative estimate of drug-likeness (QED) is 0.314. The van der Waals surface area contributed by atoms with Gasteiger partial charge in [0.2, 0.25) is 5.88 Å². The number of hydrogen-bond acceptors (Lipinski definition) is 7. The predicted molar refractivity (Wildman–Crippen MR) is 141 cm³/mol. The molecule has 4 aromatic rings. The maximum atomic E-state index is 10.6. The zero-order valence-corrected chi connectivity index (χ0v) is 21.3. The Kier molecular flexibility index (Phi) is 8.18. The van der Waals surface area contributed by atoms with Crippen LogP contribution >= 0.6 is 0 Å². The lowest BCUT2D eigenvalue weighted by molar-refractivity contribution is 0.0991. The van der Waals surface area contributed by atoms with Crippen molar-refractivity contribution in [1.82, 2.24) is 20.1 Å². The van der Waals surface area contributed by atoms with E-state index in [9.17, 15) is 5.11 Å². The molecule has 0 aliphatic rings. The monoisotopic (exact) mass is 497 g/mol. The van der Waals surface area contributed by atoms with Crippen LogP contribution in [0.15, 0.2) is 79.1 Å². The molecule has 0 fully saturated rings. The molecule has 0 radical (unpaired) electrons. The second-order valence-corrected chi connectivity index (χ2v) is 9.49. The summed E-state index contributed by atoms with van der Waals surface area (Å²) in [7, 11) is 1.89. The third-order valence-electron chi connectivity index (χ3n) is 5.89. The van der Waals surface area contributed by atoms with Gasteiger partial charge in [-0.15, -0.1) is 0 Å². The molecular formula is C29H31N5O3. The van der Waals surface area contributed by atoms with Crippen molar-refractivity contribution in [3.8, 4) is 34.7 Å². The van der Waals surface area contributed by atoms with Crippen molar-refractivity contribution < 1.29 is 14.6 Å². The van der Waals surface area contributed by atoms with Gasteiger partial charge < -0.3 is 19.9 Å². The van der Waals surface area contributed by atoms with Crippen molar-refractivity contribution >= 4 is 0 Å². The van der Waals surface area contributed by atoms with Crippen LogP contribution in [0.25, 0.3) is 11.3 Å². The molecule has 2 N–H and O–H groups in total. The van der Waals surface area contributed by atoms with Crippen LogP contribution in [0.1, 0.15) is 25.0 Å². The van der Waals surface area contributed by atoms with Gasteiger partial charge in [-0.3, -0.25) is 4.68 Å². The van der Waals surface area contributed by atoms with E-state index < -0.39 is 6.10 Å². The van der Waals surface area contributed by atoms with Crippen molar-refractivity contribution in [3.63, 3.8) is 0 Å². The fourth-order valence-electron chi connectivity index (χ4n) is 3.96. The molecule has 2 aromatic heterocycles. The number of ether oxygens (including phenoxy) is 2. The number of pyridine rings is 1. The van der Waals surface area contributed by atoms with Crippen LogP contribution in [0.2, 0.25) is 0 Å². The molecule has 4 rings (SSSR count). The molecule has 2 heterocycles. The van der Waals surface area contributed by atoms with Crippen LogP contribution in [-0.2, 0) is 13.5 Å². The highest BCUT2D eigenvalue weighted by molar-refractivity contribution is 5.67. The van der Waals surface area contributed by atoms with Crippen LogP contribution in [0, 0.1) is 11.3 Å². The average Bonchev–Trinajstić information content (AvgIpc) is 3.33. The summed E-state index contributed by atoms with van der Waals surface area (Å²) in [4.78, 5) is 4.13. The lowest BCUT2D eigenvalue weighted by atomic mass is 9.94. The minimum atomic E-state index is -0.672. The smallest absolute Gasteiger partial charge is 0.219 e. The Morgan fingerprint density at radius 3 is 2.54 bits per heavy atom. The molecule has 0 spiro atoms. The molecule has 8 nitrogen and oxygen atoms in total. The molecule has 0 bridgehead atoms. The van der Waals surface area contributed by atoms with E-state index >= 15 is 0 Å². The number of aromatic nitrogens is 3. The Hall–Kier alpha value is -4.19. The molecule has 0 amide bonds. The van der Waals surface area contributed by atoms with Crippen LogP contribution in [0.5, 0.6) is 17.4 Å². The molecule has 0 aliphatic heterocycles. The number of nitrogens with one attached hydrogen (secondary N) is 1. The summed E-state index contributed by atoms with van der Waals surface area (Å²) in [5.74, 6) is 1.82. The first-order valence-corrected chi connectivity index (χ1v) is 12.1. The lowest BCUT2D eigenvalue weighted by Crippen LogP contribution is -2.46. The van der Waals surface area contributed by atoms with Crippen molar-refractivity contribution in [3.05, 3.63) is 90.3 Å². The normalized spacial score (nSPS) is 12.1. The summed E-state index contributed by atoms with van der Waals surface area (Å²) in [6, 6.07) is 22.9. The molecule has 0 unspecified atom stereocenters. The fourth-order valence-corrected chi connectivity index (χ4v) is 3.96. The van der Waals surface area contributed by atoms with Gasteiger partial charge in [0.25, 0.3) is 0 Å². The standard InChI is InChI=1S/C29H31N5O3/c1-29(2,16-21-8-11-24(12-9-21)37-28-13-10-22(17-30)18-31-28)32-19-23(35)20-36-27-7-5-4-6-25(27)26-14-15-33-34(26)3/h4-15,18,23,32,35H,16,19-20H2,1-3H3/t23-/m0/s1. The lowest BCUT2D eigenvalue weighted by Gasteiger charge is -2.28. The van der Waals surface area contributed by atoms with Gasteiger partial charge in [0, 0.05) is 43.2 Å². The first-order valence-electron chi connectivity index (χ1n) is 12.1. The SMILES string of the molecule is Cn1nccc1-c1ccccc1OC[C@@H](O)CNC(C)(C)Cc1ccc(Oc2ccc(C#N)cn2)cc1. The van der Waals surface area contributed by atoms with E-state index in [2.05, 4.69) is 29.2 Å². The van der Waals surface area contributed by atoms with Crippen molar-refractivity contribution in [2.75, 3.05) is 13.2 Å². The van der Waals surface area contributed by atoms with E-state index in [1.165, 1.54) is 6.20 Å². The number of aryl methyl sites for hydroxylation is 1. The Labute approximate surface area is 217 Å². The Morgan fingerprint density at radius 2 is 1.86 bits per heavy atom. The summed E-state index contributed by atoms with van der Waals surface area (Å²) < 4.78 is 13.5. The van der Waals surface area contributed by atoms with Crippen LogP contribution < -0.4 is 14.8 Å². The Bertz CT molecular complexity index is 1340. The molecule has 0 saturated carbocycles. The highest BCUT2D eigenvalue weighted by Gasteiger charge is 2.20. The minimum Gasteiger partial charge on any atom is -0.490 e. The molecule has 1 atom stereocenters. The Morgan fingerprint density at radius 1 is 1.08 bits per heavy atom. The molecule has 37 heavy (non-hydrogen) atoms. The summed E-state index contributed by atoms with van der Waals surface area (Å²) in [6.07, 6.45) is 3.32. The van der Waals surface area contributed by atoms with Gasteiger partial charge >= 0.3 is 0 Å². The maximum absolute atomic E-state index is 10.6.